The van der Waals surface area contributed by atoms with E-state index in [0.717, 1.165) is 6.54 Å². The van der Waals surface area contributed by atoms with Crippen molar-refractivity contribution in [3.63, 3.8) is 0 Å². The van der Waals surface area contributed by atoms with Crippen molar-refractivity contribution < 1.29 is 0 Å². The molecular weight excluding hydrogens is 247 g/mol. The van der Waals surface area contributed by atoms with Crippen molar-refractivity contribution in [3.05, 3.63) is 28.5 Å². The number of nitrogens with zero attached hydrogens (tertiary/aromatic N) is 3. The number of nitrogen functional groups attached to an aromatic ring is 1. The fraction of sp³-hybridized carbons (Fsp3) is 0.200. The molecule has 0 saturated carbocycles. The Morgan fingerprint density at radius 2 is 2.00 bits per heavy atom. The standard InChI is InChI=1S/C10H10Cl2N4/c1-2-16-5-14-15-10(16)8-6(11)3-4-7(12)9(8)13/h3-5H,2,13H2,1H3. The molecule has 1 heterocycles. The van der Waals surface area contributed by atoms with Crippen molar-refractivity contribution in [2.24, 2.45) is 0 Å². The van der Waals surface area contributed by atoms with Gasteiger partial charge in [-0.15, -0.1) is 10.2 Å². The van der Waals surface area contributed by atoms with Gasteiger partial charge in [-0.2, -0.15) is 0 Å². The van der Waals surface area contributed by atoms with Crippen LogP contribution < -0.4 is 5.73 Å². The highest BCUT2D eigenvalue weighted by atomic mass is 35.5. The lowest BCUT2D eigenvalue weighted by molar-refractivity contribution is 0.767. The van der Waals surface area contributed by atoms with E-state index in [1.54, 1.807) is 18.5 Å². The van der Waals surface area contributed by atoms with Crippen molar-refractivity contribution in [1.82, 2.24) is 14.8 Å². The molecule has 4 nitrogen and oxygen atoms in total. The van der Waals surface area contributed by atoms with Gasteiger partial charge in [0.15, 0.2) is 5.82 Å². The van der Waals surface area contributed by atoms with E-state index in [9.17, 15) is 0 Å². The van der Waals surface area contributed by atoms with Gasteiger partial charge in [0.1, 0.15) is 6.33 Å². The predicted octanol–water partition coefficient (Wildman–Crippen LogP) is 2.85. The number of rotatable bonds is 2. The van der Waals surface area contributed by atoms with Gasteiger partial charge < -0.3 is 10.3 Å². The summed E-state index contributed by atoms with van der Waals surface area (Å²) in [6, 6.07) is 3.36. The molecule has 0 aliphatic heterocycles. The highest BCUT2D eigenvalue weighted by Gasteiger charge is 2.15. The maximum atomic E-state index is 6.10. The Morgan fingerprint density at radius 1 is 1.31 bits per heavy atom. The molecule has 84 valence electrons. The maximum Gasteiger partial charge on any atom is 0.167 e. The van der Waals surface area contributed by atoms with Crippen LogP contribution in [0.3, 0.4) is 0 Å². The summed E-state index contributed by atoms with van der Waals surface area (Å²) in [6.45, 7) is 2.73. The Hall–Kier alpha value is -1.26. The van der Waals surface area contributed by atoms with Gasteiger partial charge in [0.05, 0.1) is 21.3 Å². The highest BCUT2D eigenvalue weighted by molar-refractivity contribution is 6.37. The summed E-state index contributed by atoms with van der Waals surface area (Å²) in [5.41, 5.74) is 6.96. The van der Waals surface area contributed by atoms with Crippen LogP contribution in [-0.4, -0.2) is 14.8 Å². The van der Waals surface area contributed by atoms with E-state index in [-0.39, 0.29) is 0 Å². The number of anilines is 1. The lowest BCUT2D eigenvalue weighted by atomic mass is 10.1. The zero-order valence-corrected chi connectivity index (χ0v) is 10.1. The fourth-order valence-corrected chi connectivity index (χ4v) is 1.88. The summed E-state index contributed by atoms with van der Waals surface area (Å²) in [5, 5.41) is 8.83. The van der Waals surface area contributed by atoms with Gasteiger partial charge in [0, 0.05) is 6.54 Å². The number of benzene rings is 1. The molecular formula is C10H10Cl2N4. The molecule has 0 bridgehead atoms. The average Bonchev–Trinajstić information content (AvgIpc) is 2.72. The smallest absolute Gasteiger partial charge is 0.167 e. The van der Waals surface area contributed by atoms with E-state index in [1.807, 2.05) is 11.5 Å². The largest absolute Gasteiger partial charge is 0.397 e. The first-order chi connectivity index (χ1) is 7.65. The molecule has 1 aromatic heterocycles. The molecule has 0 saturated heterocycles. The number of halogens is 2. The van der Waals surface area contributed by atoms with Gasteiger partial charge >= 0.3 is 0 Å². The van der Waals surface area contributed by atoms with Crippen LogP contribution in [0.15, 0.2) is 18.5 Å². The second-order valence-electron chi connectivity index (χ2n) is 3.26. The van der Waals surface area contributed by atoms with Crippen LogP contribution in [0.1, 0.15) is 6.92 Å². The van der Waals surface area contributed by atoms with Crippen molar-refractivity contribution >= 4 is 28.9 Å². The molecule has 6 heteroatoms. The third kappa shape index (κ3) is 1.74. The van der Waals surface area contributed by atoms with E-state index in [2.05, 4.69) is 10.2 Å². The molecule has 0 aliphatic rings. The molecule has 0 aliphatic carbocycles. The lowest BCUT2D eigenvalue weighted by Gasteiger charge is -2.09. The van der Waals surface area contributed by atoms with E-state index in [4.69, 9.17) is 28.9 Å². The molecule has 1 aromatic carbocycles. The number of aryl methyl sites for hydroxylation is 1. The minimum absolute atomic E-state index is 0.428. The second kappa shape index (κ2) is 4.31. The van der Waals surface area contributed by atoms with E-state index in [1.165, 1.54) is 0 Å². The van der Waals surface area contributed by atoms with E-state index >= 15 is 0 Å². The Balaban J connectivity index is 2.68. The minimum atomic E-state index is 0.428. The first-order valence-corrected chi connectivity index (χ1v) is 5.52. The number of hydrogen-bond donors (Lipinski definition) is 1. The molecule has 2 N–H and O–H groups in total. The van der Waals surface area contributed by atoms with Crippen LogP contribution in [0.25, 0.3) is 11.4 Å². The molecule has 0 atom stereocenters. The van der Waals surface area contributed by atoms with E-state index < -0.39 is 0 Å². The number of aromatic nitrogens is 3. The molecule has 0 radical (unpaired) electrons. The number of nitrogens with two attached hydrogens (primary N) is 1. The molecule has 0 unspecified atom stereocenters. The summed E-state index contributed by atoms with van der Waals surface area (Å²) in [6.07, 6.45) is 1.63. The highest BCUT2D eigenvalue weighted by Crippen LogP contribution is 2.36. The average molecular weight is 257 g/mol. The predicted molar refractivity (Wildman–Crippen MR) is 65.6 cm³/mol. The first kappa shape index (κ1) is 11.2. The van der Waals surface area contributed by atoms with Crippen molar-refractivity contribution in [1.29, 1.82) is 0 Å². The Bertz CT molecular complexity index is 522. The monoisotopic (exact) mass is 256 g/mol. The second-order valence-corrected chi connectivity index (χ2v) is 4.07. The Kier molecular flexibility index (Phi) is 3.03. The van der Waals surface area contributed by atoms with Crippen molar-refractivity contribution in [3.8, 4) is 11.4 Å². The summed E-state index contributed by atoms with van der Waals surface area (Å²) >= 11 is 12.1. The number of hydrogen-bond acceptors (Lipinski definition) is 3. The quantitative estimate of drug-likeness (QED) is 0.841. The van der Waals surface area contributed by atoms with Crippen LogP contribution in [0, 0.1) is 0 Å². The van der Waals surface area contributed by atoms with Crippen molar-refractivity contribution in [2.75, 3.05) is 5.73 Å². The minimum Gasteiger partial charge on any atom is -0.397 e. The topological polar surface area (TPSA) is 56.7 Å². The summed E-state index contributed by atoms with van der Waals surface area (Å²) in [4.78, 5) is 0. The molecule has 0 spiro atoms. The van der Waals surface area contributed by atoms with Gasteiger partial charge in [0.25, 0.3) is 0 Å². The van der Waals surface area contributed by atoms with Gasteiger partial charge in [0.2, 0.25) is 0 Å². The van der Waals surface area contributed by atoms with Crippen LogP contribution in [0.2, 0.25) is 10.0 Å². The SMILES string of the molecule is CCn1cnnc1-c1c(Cl)ccc(Cl)c1N. The third-order valence-corrected chi connectivity index (χ3v) is 2.97. The fourth-order valence-electron chi connectivity index (χ4n) is 1.47. The van der Waals surface area contributed by atoms with Crippen LogP contribution >= 0.6 is 23.2 Å². The molecule has 2 aromatic rings. The zero-order chi connectivity index (χ0) is 11.7. The third-order valence-electron chi connectivity index (χ3n) is 2.32. The summed E-state index contributed by atoms with van der Waals surface area (Å²) < 4.78 is 1.86. The molecule has 0 fully saturated rings. The van der Waals surface area contributed by atoms with Gasteiger partial charge in [-0.3, -0.25) is 0 Å². The Labute approximate surface area is 103 Å². The van der Waals surface area contributed by atoms with Gasteiger partial charge in [-0.05, 0) is 19.1 Å². The van der Waals surface area contributed by atoms with Crippen LogP contribution in [0.4, 0.5) is 5.69 Å². The first-order valence-electron chi connectivity index (χ1n) is 4.76. The van der Waals surface area contributed by atoms with Gasteiger partial charge in [-0.25, -0.2) is 0 Å². The summed E-state index contributed by atoms with van der Waals surface area (Å²) in [5.74, 6) is 0.632. The summed E-state index contributed by atoms with van der Waals surface area (Å²) in [7, 11) is 0. The zero-order valence-electron chi connectivity index (χ0n) is 8.61. The van der Waals surface area contributed by atoms with Gasteiger partial charge in [-0.1, -0.05) is 23.2 Å². The Morgan fingerprint density at radius 3 is 2.69 bits per heavy atom. The van der Waals surface area contributed by atoms with Crippen LogP contribution in [0.5, 0.6) is 0 Å². The lowest BCUT2D eigenvalue weighted by Crippen LogP contribution is -2.00. The molecule has 0 amide bonds. The van der Waals surface area contributed by atoms with Crippen LogP contribution in [-0.2, 0) is 6.54 Å². The molecule has 16 heavy (non-hydrogen) atoms. The van der Waals surface area contributed by atoms with E-state index in [0.29, 0.717) is 27.1 Å². The maximum absolute atomic E-state index is 6.10. The van der Waals surface area contributed by atoms with Crippen molar-refractivity contribution in [2.45, 2.75) is 13.5 Å². The molecule has 2 rings (SSSR count). The normalized spacial score (nSPS) is 10.7.